The monoisotopic (exact) mass is 284 g/mol. The standard InChI is InChI=1S/C2H6O.U/c1-2-3;/h3H,2H2,1H3;. The number of rotatable bonds is 0. The Kier molecular flexibility index (Phi) is 20.0. The smallest absolute Gasteiger partial charge is 0.0402 e. The van der Waals surface area contributed by atoms with Gasteiger partial charge >= 0.3 is 0 Å². The van der Waals surface area contributed by atoms with E-state index in [0.29, 0.717) is 0 Å². The van der Waals surface area contributed by atoms with E-state index >= 15 is 0 Å². The first-order valence-corrected chi connectivity index (χ1v) is 1.02. The first-order chi connectivity index (χ1) is 1.41. The van der Waals surface area contributed by atoms with Crippen molar-refractivity contribution in [3.8, 4) is 0 Å². The largest absolute Gasteiger partial charge is 0.397 e. The Morgan fingerprint density at radius 1 is 1.75 bits per heavy atom. The average molecular weight is 284 g/mol. The summed E-state index contributed by atoms with van der Waals surface area (Å²) < 4.78 is 0. The van der Waals surface area contributed by atoms with Crippen LogP contribution in [0.15, 0.2) is 0 Å². The second-order valence-electron chi connectivity index (χ2n) is 0.316. The normalized spacial score (nSPS) is 4.50. The van der Waals surface area contributed by atoms with E-state index in [1.807, 2.05) is 0 Å². The van der Waals surface area contributed by atoms with Gasteiger partial charge in [0.1, 0.15) is 0 Å². The van der Waals surface area contributed by atoms with Crippen molar-refractivity contribution in [1.29, 1.82) is 0 Å². The predicted octanol–water partition coefficient (Wildman–Crippen LogP) is -0.00140. The fourth-order valence-electron chi connectivity index (χ4n) is 0. The van der Waals surface area contributed by atoms with Crippen LogP contribution in [0, 0.1) is 31.1 Å². The minimum atomic E-state index is 0. The second-order valence-corrected chi connectivity index (χ2v) is 0.316. The van der Waals surface area contributed by atoms with E-state index in [0.717, 1.165) is 0 Å². The molecule has 0 aromatic heterocycles. The maximum Gasteiger partial charge on any atom is 0.0402 e. The molecule has 2 heteroatoms. The fourth-order valence-corrected chi connectivity index (χ4v) is 0. The first-order valence-electron chi connectivity index (χ1n) is 1.02. The number of hydrogen-bond donors (Lipinski definition) is 1. The number of aliphatic hydroxyl groups excluding tert-OH is 1. The molecule has 0 aliphatic carbocycles. The molecule has 0 aromatic carbocycles. The van der Waals surface area contributed by atoms with Crippen LogP contribution in [0.2, 0.25) is 0 Å². The summed E-state index contributed by atoms with van der Waals surface area (Å²) in [4.78, 5) is 0. The van der Waals surface area contributed by atoms with E-state index in [1.54, 1.807) is 6.92 Å². The molecule has 0 bridgehead atoms. The van der Waals surface area contributed by atoms with Gasteiger partial charge in [0.2, 0.25) is 0 Å². The average Bonchev–Trinajstić information content (AvgIpc) is 0.918. The Hall–Kier alpha value is 1.01. The first kappa shape index (κ1) is 8.89. The summed E-state index contributed by atoms with van der Waals surface area (Å²) in [7, 11) is 0. The van der Waals surface area contributed by atoms with Crippen LogP contribution in [-0.4, -0.2) is 11.7 Å². The molecule has 1 N–H and O–H groups in total. The fraction of sp³-hybridized carbons (Fsp3) is 1.00. The molecule has 24 valence electrons. The molecule has 0 aliphatic rings. The molecule has 0 heterocycles. The van der Waals surface area contributed by atoms with Gasteiger partial charge in [0.05, 0.1) is 0 Å². The van der Waals surface area contributed by atoms with Crippen LogP contribution in [0.5, 0.6) is 0 Å². The Balaban J connectivity index is 0. The van der Waals surface area contributed by atoms with Gasteiger partial charge < -0.3 is 5.11 Å². The third kappa shape index (κ3) is 11.9. The van der Waals surface area contributed by atoms with Gasteiger partial charge in [0.25, 0.3) is 0 Å². The van der Waals surface area contributed by atoms with Crippen molar-refractivity contribution in [2.75, 3.05) is 6.61 Å². The Bertz CT molecular complexity index is 6.00. The summed E-state index contributed by atoms with van der Waals surface area (Å²) in [6, 6.07) is 0. The quantitative estimate of drug-likeness (QED) is 0.664. The topological polar surface area (TPSA) is 20.2 Å². The van der Waals surface area contributed by atoms with Crippen LogP contribution in [0.4, 0.5) is 0 Å². The molecule has 0 fully saturated rings. The zero-order chi connectivity index (χ0) is 2.71. The second kappa shape index (κ2) is 8.99. The van der Waals surface area contributed by atoms with Gasteiger partial charge in [-0.05, 0) is 6.92 Å². The maximum atomic E-state index is 7.57. The van der Waals surface area contributed by atoms with Crippen molar-refractivity contribution in [1.82, 2.24) is 0 Å². The van der Waals surface area contributed by atoms with Crippen molar-refractivity contribution >= 4 is 0 Å². The molecule has 0 saturated heterocycles. The SMILES string of the molecule is CCO.[U]. The summed E-state index contributed by atoms with van der Waals surface area (Å²) in [5.74, 6) is 0. The molecular formula is C2H6OU. The summed E-state index contributed by atoms with van der Waals surface area (Å²) >= 11 is 0. The molecule has 0 spiro atoms. The van der Waals surface area contributed by atoms with Gasteiger partial charge in [-0.15, -0.1) is 0 Å². The molecule has 1 nitrogen and oxygen atoms in total. The van der Waals surface area contributed by atoms with Gasteiger partial charge in [0.15, 0.2) is 0 Å². The summed E-state index contributed by atoms with van der Waals surface area (Å²) in [6.07, 6.45) is 0. The number of hydrogen-bond acceptors (Lipinski definition) is 1. The van der Waals surface area contributed by atoms with Crippen molar-refractivity contribution < 1.29 is 36.2 Å². The van der Waals surface area contributed by atoms with Gasteiger partial charge in [-0.2, -0.15) is 0 Å². The van der Waals surface area contributed by atoms with Gasteiger partial charge in [-0.25, -0.2) is 0 Å². The van der Waals surface area contributed by atoms with E-state index in [2.05, 4.69) is 0 Å². The van der Waals surface area contributed by atoms with Crippen LogP contribution in [0.1, 0.15) is 6.92 Å². The van der Waals surface area contributed by atoms with Gasteiger partial charge in [-0.1, -0.05) is 0 Å². The molecule has 0 amide bonds. The zero-order valence-corrected chi connectivity index (χ0v) is 6.82. The third-order valence-electron chi connectivity index (χ3n) is 0. The maximum absolute atomic E-state index is 7.57. The minimum Gasteiger partial charge on any atom is -0.397 e. The Morgan fingerprint density at radius 3 is 1.75 bits per heavy atom. The predicted molar refractivity (Wildman–Crippen MR) is 12.8 cm³/mol. The summed E-state index contributed by atoms with van der Waals surface area (Å²) in [6.45, 7) is 1.93. The van der Waals surface area contributed by atoms with Gasteiger partial charge in [0, 0.05) is 37.7 Å². The molecule has 0 atom stereocenters. The van der Waals surface area contributed by atoms with Gasteiger partial charge in [-0.3, -0.25) is 0 Å². The van der Waals surface area contributed by atoms with Crippen LogP contribution in [-0.2, 0) is 0 Å². The Labute approximate surface area is 49.8 Å². The van der Waals surface area contributed by atoms with Crippen molar-refractivity contribution in [2.45, 2.75) is 6.92 Å². The molecule has 4 heavy (non-hydrogen) atoms. The van der Waals surface area contributed by atoms with Crippen LogP contribution in [0.25, 0.3) is 0 Å². The van der Waals surface area contributed by atoms with Crippen molar-refractivity contribution in [3.63, 3.8) is 0 Å². The van der Waals surface area contributed by atoms with Crippen molar-refractivity contribution in [2.24, 2.45) is 0 Å². The van der Waals surface area contributed by atoms with E-state index in [1.165, 1.54) is 0 Å². The molecule has 0 rings (SSSR count). The molecule has 0 unspecified atom stereocenters. The molecule has 0 aromatic rings. The molecular weight excluding hydrogens is 278 g/mol. The minimum absolute atomic E-state index is 0. The van der Waals surface area contributed by atoms with E-state index in [9.17, 15) is 0 Å². The van der Waals surface area contributed by atoms with E-state index in [4.69, 9.17) is 5.11 Å². The Morgan fingerprint density at radius 2 is 1.75 bits per heavy atom. The van der Waals surface area contributed by atoms with E-state index < -0.39 is 0 Å². The molecule has 0 aliphatic heterocycles. The van der Waals surface area contributed by atoms with Crippen molar-refractivity contribution in [3.05, 3.63) is 0 Å². The van der Waals surface area contributed by atoms with Crippen LogP contribution in [0.3, 0.4) is 0 Å². The third-order valence-corrected chi connectivity index (χ3v) is 0. The summed E-state index contributed by atoms with van der Waals surface area (Å²) in [5.41, 5.74) is 0. The van der Waals surface area contributed by atoms with E-state index in [-0.39, 0.29) is 37.7 Å². The zero-order valence-electron chi connectivity index (χ0n) is 2.65. The number of aliphatic hydroxyl groups is 1. The van der Waals surface area contributed by atoms with Crippen LogP contribution < -0.4 is 0 Å². The van der Waals surface area contributed by atoms with Crippen LogP contribution >= 0.6 is 0 Å². The molecule has 0 saturated carbocycles. The molecule has 0 radical (unpaired) electrons. The summed E-state index contributed by atoms with van der Waals surface area (Å²) in [5, 5.41) is 7.57.